The highest BCUT2D eigenvalue weighted by Gasteiger charge is 2.04. The molecule has 1 heterocycles. The van der Waals surface area contributed by atoms with E-state index in [0.717, 1.165) is 5.56 Å². The fourth-order valence-corrected chi connectivity index (χ4v) is 1.55. The molecule has 0 saturated carbocycles. The predicted molar refractivity (Wildman–Crippen MR) is 64.7 cm³/mol. The lowest BCUT2D eigenvalue weighted by Crippen LogP contribution is -2.23. The van der Waals surface area contributed by atoms with Gasteiger partial charge in [0, 0.05) is 11.6 Å². The summed E-state index contributed by atoms with van der Waals surface area (Å²) in [6.07, 6.45) is 0.858. The summed E-state index contributed by atoms with van der Waals surface area (Å²) in [6.45, 7) is 2.05. The maximum Gasteiger partial charge on any atom is 0.267 e. The molecule has 4 nitrogen and oxygen atoms in total. The van der Waals surface area contributed by atoms with E-state index in [2.05, 4.69) is 5.10 Å². The standard InChI is InChI=1S/C13H14N2O2/c1-10(16)12-7-13(17)15(14-8-12)9-11-5-3-2-4-6-11/h2-8,10,16H,9H2,1H3. The molecule has 0 bridgehead atoms. The molecule has 1 unspecified atom stereocenters. The van der Waals surface area contributed by atoms with Crippen LogP contribution in [-0.2, 0) is 6.54 Å². The van der Waals surface area contributed by atoms with Crippen LogP contribution in [0.4, 0.5) is 0 Å². The Hall–Kier alpha value is -1.94. The molecule has 17 heavy (non-hydrogen) atoms. The fraction of sp³-hybridized carbons (Fsp3) is 0.231. The monoisotopic (exact) mass is 230 g/mol. The molecule has 88 valence electrons. The number of aliphatic hydroxyl groups is 1. The number of aliphatic hydroxyl groups excluding tert-OH is 1. The molecule has 4 heteroatoms. The molecule has 0 aliphatic rings. The van der Waals surface area contributed by atoms with E-state index in [-0.39, 0.29) is 5.56 Å². The van der Waals surface area contributed by atoms with Crippen molar-refractivity contribution in [1.82, 2.24) is 9.78 Å². The van der Waals surface area contributed by atoms with E-state index in [9.17, 15) is 9.90 Å². The number of aromatic nitrogens is 2. The summed E-state index contributed by atoms with van der Waals surface area (Å²) in [5.41, 5.74) is 1.36. The summed E-state index contributed by atoms with van der Waals surface area (Å²) < 4.78 is 1.38. The van der Waals surface area contributed by atoms with Gasteiger partial charge >= 0.3 is 0 Å². The molecule has 0 saturated heterocycles. The second kappa shape index (κ2) is 4.93. The first-order chi connectivity index (χ1) is 8.16. The van der Waals surface area contributed by atoms with E-state index in [0.29, 0.717) is 12.1 Å². The van der Waals surface area contributed by atoms with E-state index in [1.165, 1.54) is 16.9 Å². The molecule has 0 aliphatic carbocycles. The first-order valence-electron chi connectivity index (χ1n) is 5.46. The van der Waals surface area contributed by atoms with Crippen molar-refractivity contribution in [2.24, 2.45) is 0 Å². The van der Waals surface area contributed by atoms with Crippen molar-refractivity contribution >= 4 is 0 Å². The zero-order valence-electron chi connectivity index (χ0n) is 9.58. The Labute approximate surface area is 99.2 Å². The number of hydrogen-bond acceptors (Lipinski definition) is 3. The van der Waals surface area contributed by atoms with Crippen LogP contribution in [0.15, 0.2) is 47.4 Å². The van der Waals surface area contributed by atoms with Gasteiger partial charge in [-0.05, 0) is 12.5 Å². The summed E-state index contributed by atoms with van der Waals surface area (Å²) in [5, 5.41) is 13.4. The van der Waals surface area contributed by atoms with Crippen molar-refractivity contribution in [3.63, 3.8) is 0 Å². The van der Waals surface area contributed by atoms with E-state index in [4.69, 9.17) is 0 Å². The minimum atomic E-state index is -0.665. The lowest BCUT2D eigenvalue weighted by Gasteiger charge is -2.07. The molecule has 2 aromatic rings. The van der Waals surface area contributed by atoms with Crippen molar-refractivity contribution in [2.45, 2.75) is 19.6 Å². The van der Waals surface area contributed by atoms with Crippen LogP contribution in [0.3, 0.4) is 0 Å². The number of nitrogens with zero attached hydrogens (tertiary/aromatic N) is 2. The third-order valence-corrected chi connectivity index (χ3v) is 2.55. The molecule has 1 aromatic heterocycles. The molecular weight excluding hydrogens is 216 g/mol. The van der Waals surface area contributed by atoms with Crippen molar-refractivity contribution in [3.8, 4) is 0 Å². The van der Waals surface area contributed by atoms with E-state index in [1.807, 2.05) is 30.3 Å². The predicted octanol–water partition coefficient (Wildman–Crippen LogP) is 1.34. The number of rotatable bonds is 3. The van der Waals surface area contributed by atoms with Crippen LogP contribution in [0.1, 0.15) is 24.2 Å². The Bertz CT molecular complexity index is 547. The van der Waals surface area contributed by atoms with E-state index < -0.39 is 6.10 Å². The molecular formula is C13H14N2O2. The lowest BCUT2D eigenvalue weighted by atomic mass is 10.2. The highest BCUT2D eigenvalue weighted by atomic mass is 16.3. The van der Waals surface area contributed by atoms with Gasteiger partial charge in [-0.3, -0.25) is 4.79 Å². The first kappa shape index (κ1) is 11.5. The largest absolute Gasteiger partial charge is 0.389 e. The second-order valence-electron chi connectivity index (χ2n) is 3.95. The van der Waals surface area contributed by atoms with Gasteiger partial charge in [-0.15, -0.1) is 0 Å². The minimum absolute atomic E-state index is 0.202. The summed E-state index contributed by atoms with van der Waals surface area (Å²) in [5.74, 6) is 0. The highest BCUT2D eigenvalue weighted by Crippen LogP contribution is 2.07. The lowest BCUT2D eigenvalue weighted by molar-refractivity contribution is 0.198. The average molecular weight is 230 g/mol. The molecule has 0 aliphatic heterocycles. The molecule has 1 atom stereocenters. The van der Waals surface area contributed by atoms with E-state index >= 15 is 0 Å². The van der Waals surface area contributed by atoms with Crippen molar-refractivity contribution in [2.75, 3.05) is 0 Å². The third kappa shape index (κ3) is 2.79. The summed E-state index contributed by atoms with van der Waals surface area (Å²) in [7, 11) is 0. The van der Waals surface area contributed by atoms with Crippen LogP contribution in [0.25, 0.3) is 0 Å². The van der Waals surface area contributed by atoms with Crippen molar-refractivity contribution in [3.05, 3.63) is 64.1 Å². The molecule has 2 rings (SSSR count). The topological polar surface area (TPSA) is 55.1 Å². The van der Waals surface area contributed by atoms with Crippen LogP contribution in [0.2, 0.25) is 0 Å². The quantitative estimate of drug-likeness (QED) is 0.865. The van der Waals surface area contributed by atoms with Gasteiger partial charge in [0.25, 0.3) is 5.56 Å². The summed E-state index contributed by atoms with van der Waals surface area (Å²) in [4.78, 5) is 11.7. The molecule has 0 amide bonds. The molecule has 0 spiro atoms. The first-order valence-corrected chi connectivity index (χ1v) is 5.46. The molecule has 0 fully saturated rings. The highest BCUT2D eigenvalue weighted by molar-refractivity contribution is 5.15. The van der Waals surface area contributed by atoms with Crippen LogP contribution in [0.5, 0.6) is 0 Å². The minimum Gasteiger partial charge on any atom is -0.389 e. The van der Waals surface area contributed by atoms with Gasteiger partial charge < -0.3 is 5.11 Å². The van der Waals surface area contributed by atoms with Crippen LogP contribution in [0, 0.1) is 0 Å². The fourth-order valence-electron chi connectivity index (χ4n) is 1.55. The zero-order valence-corrected chi connectivity index (χ0v) is 9.58. The van der Waals surface area contributed by atoms with Gasteiger partial charge in [-0.25, -0.2) is 4.68 Å². The third-order valence-electron chi connectivity index (χ3n) is 2.55. The Morgan fingerprint density at radius 1 is 1.35 bits per heavy atom. The Morgan fingerprint density at radius 2 is 2.06 bits per heavy atom. The molecule has 1 aromatic carbocycles. The van der Waals surface area contributed by atoms with E-state index in [1.54, 1.807) is 6.92 Å². The summed E-state index contributed by atoms with van der Waals surface area (Å²) >= 11 is 0. The molecule has 0 radical (unpaired) electrons. The van der Waals surface area contributed by atoms with Crippen LogP contribution in [-0.4, -0.2) is 14.9 Å². The van der Waals surface area contributed by atoms with Crippen molar-refractivity contribution in [1.29, 1.82) is 0 Å². The molecule has 1 N–H and O–H groups in total. The van der Waals surface area contributed by atoms with Gasteiger partial charge in [0.1, 0.15) is 0 Å². The normalized spacial score (nSPS) is 12.4. The summed E-state index contributed by atoms with van der Waals surface area (Å²) in [6, 6.07) is 11.1. The average Bonchev–Trinajstić information content (AvgIpc) is 2.33. The number of hydrogen-bond donors (Lipinski definition) is 1. The van der Waals surface area contributed by atoms with Gasteiger partial charge in [-0.1, -0.05) is 30.3 Å². The maximum absolute atomic E-state index is 11.7. The van der Waals surface area contributed by atoms with Crippen molar-refractivity contribution < 1.29 is 5.11 Å². The van der Waals surface area contributed by atoms with Gasteiger partial charge in [-0.2, -0.15) is 5.10 Å². The van der Waals surface area contributed by atoms with Gasteiger partial charge in [0.2, 0.25) is 0 Å². The SMILES string of the molecule is CC(O)c1cnn(Cc2ccccc2)c(=O)c1. The van der Waals surface area contributed by atoms with Crippen LogP contribution < -0.4 is 5.56 Å². The van der Waals surface area contributed by atoms with Gasteiger partial charge in [0.15, 0.2) is 0 Å². The van der Waals surface area contributed by atoms with Crippen LogP contribution >= 0.6 is 0 Å². The maximum atomic E-state index is 11.7. The smallest absolute Gasteiger partial charge is 0.267 e. The Balaban J connectivity index is 2.26. The zero-order chi connectivity index (χ0) is 12.3. The second-order valence-corrected chi connectivity index (χ2v) is 3.95. The number of benzene rings is 1. The van der Waals surface area contributed by atoms with Gasteiger partial charge in [0.05, 0.1) is 18.8 Å². The Morgan fingerprint density at radius 3 is 2.65 bits per heavy atom. The Kier molecular flexibility index (Phi) is 3.35.